The number of alkyl halides is 1. The lowest BCUT2D eigenvalue weighted by molar-refractivity contribution is 0.242. The number of hydrogen-bond donors (Lipinski definition) is 2. The third-order valence-corrected chi connectivity index (χ3v) is 5.41. The lowest BCUT2D eigenvalue weighted by Gasteiger charge is -2.26. The lowest BCUT2D eigenvalue weighted by atomic mass is 9.89. The van der Waals surface area contributed by atoms with Crippen molar-refractivity contribution in [3.63, 3.8) is 0 Å². The third kappa shape index (κ3) is 3.22. The van der Waals surface area contributed by atoms with Crippen molar-refractivity contribution >= 4 is 16.6 Å². The topological polar surface area (TPSA) is 123 Å². The molecule has 2 heterocycles. The van der Waals surface area contributed by atoms with E-state index in [0.717, 1.165) is 6.07 Å². The molecule has 0 spiro atoms. The first-order valence-corrected chi connectivity index (χ1v) is 8.99. The Morgan fingerprint density at radius 1 is 1.32 bits per heavy atom. The second-order valence-corrected chi connectivity index (χ2v) is 7.20. The van der Waals surface area contributed by atoms with Crippen molar-refractivity contribution in [2.75, 3.05) is 37.1 Å². The van der Waals surface area contributed by atoms with Crippen molar-refractivity contribution in [3.8, 4) is 6.07 Å². The van der Waals surface area contributed by atoms with E-state index >= 15 is 0 Å². The van der Waals surface area contributed by atoms with Gasteiger partial charge in [0.25, 0.3) is 5.56 Å². The van der Waals surface area contributed by atoms with Gasteiger partial charge in [0.05, 0.1) is 29.3 Å². The van der Waals surface area contributed by atoms with Crippen molar-refractivity contribution in [2.24, 2.45) is 11.1 Å². The molecule has 1 aromatic heterocycles. The molecule has 0 amide bonds. The molecule has 10 heteroatoms. The van der Waals surface area contributed by atoms with Gasteiger partial charge in [0.1, 0.15) is 5.82 Å². The summed E-state index contributed by atoms with van der Waals surface area (Å²) in [5, 5.41) is 8.70. The predicted octanol–water partition coefficient (Wildman–Crippen LogP) is 0.445. The van der Waals surface area contributed by atoms with Gasteiger partial charge in [-0.05, 0) is 25.0 Å². The van der Waals surface area contributed by atoms with Gasteiger partial charge in [0, 0.05) is 38.0 Å². The Balaban J connectivity index is 2.14. The van der Waals surface area contributed by atoms with Crippen LogP contribution in [0.4, 0.5) is 14.5 Å². The molecule has 4 N–H and O–H groups in total. The van der Waals surface area contributed by atoms with Gasteiger partial charge in [-0.25, -0.2) is 9.18 Å². The van der Waals surface area contributed by atoms with E-state index in [4.69, 9.17) is 16.8 Å². The van der Waals surface area contributed by atoms with Crippen molar-refractivity contribution in [1.82, 2.24) is 9.24 Å². The molecule has 3 rings (SSSR count). The quantitative estimate of drug-likeness (QED) is 0.543. The van der Waals surface area contributed by atoms with E-state index in [1.54, 1.807) is 4.90 Å². The first-order valence-electron chi connectivity index (χ1n) is 8.99. The Labute approximate surface area is 159 Å². The molecule has 0 aliphatic carbocycles. The molecule has 1 unspecified atom stereocenters. The number of halogens is 2. The number of rotatable bonds is 6. The Bertz CT molecular complexity index is 1050. The molecular weight excluding hydrogens is 370 g/mol. The maximum absolute atomic E-state index is 14.8. The van der Waals surface area contributed by atoms with Gasteiger partial charge in [-0.15, -0.1) is 0 Å². The highest BCUT2D eigenvalue weighted by molar-refractivity contribution is 5.82. The van der Waals surface area contributed by atoms with Gasteiger partial charge in [0.15, 0.2) is 0 Å². The molecular formula is C18H22F2N6O2. The largest absolute Gasteiger partial charge is 0.368 e. The van der Waals surface area contributed by atoms with E-state index in [1.807, 2.05) is 6.07 Å². The minimum atomic E-state index is -0.802. The zero-order chi connectivity index (χ0) is 20.5. The molecule has 1 aliphatic heterocycles. The number of hydrogen-bond acceptors (Lipinski definition) is 6. The fourth-order valence-electron chi connectivity index (χ4n) is 3.64. The molecule has 0 radical (unpaired) electrons. The Morgan fingerprint density at radius 2 is 2.07 bits per heavy atom. The Hall–Kier alpha value is -2.93. The SMILES string of the molecule is N#CCCCn1c(=O)n(N)c(=O)c2cc(F)c(N3CCC(CN)(CF)C3)cc21. The normalized spacial score (nSPS) is 19.3. The van der Waals surface area contributed by atoms with Gasteiger partial charge in [-0.1, -0.05) is 0 Å². The smallest absolute Gasteiger partial charge is 0.350 e. The molecule has 0 saturated carbocycles. The highest BCUT2D eigenvalue weighted by Gasteiger charge is 2.38. The molecule has 2 aromatic rings. The monoisotopic (exact) mass is 392 g/mol. The number of aromatic nitrogens is 2. The summed E-state index contributed by atoms with van der Waals surface area (Å²) in [6.45, 7) is 0.353. The summed E-state index contributed by atoms with van der Waals surface area (Å²) in [4.78, 5) is 26.5. The minimum Gasteiger partial charge on any atom is -0.368 e. The summed E-state index contributed by atoms with van der Waals surface area (Å²) in [5.41, 5.74) is 3.85. The van der Waals surface area contributed by atoms with Crippen molar-refractivity contribution in [3.05, 3.63) is 38.8 Å². The summed E-state index contributed by atoms with van der Waals surface area (Å²) < 4.78 is 29.9. The second kappa shape index (κ2) is 7.59. The lowest BCUT2D eigenvalue weighted by Crippen LogP contribution is -2.44. The van der Waals surface area contributed by atoms with E-state index in [1.165, 1.54) is 10.6 Å². The Morgan fingerprint density at radius 3 is 2.68 bits per heavy atom. The first-order chi connectivity index (χ1) is 13.4. The predicted molar refractivity (Wildman–Crippen MR) is 102 cm³/mol. The fraction of sp³-hybridized carbons (Fsp3) is 0.500. The van der Waals surface area contributed by atoms with Gasteiger partial charge in [-0.3, -0.25) is 13.8 Å². The maximum Gasteiger partial charge on any atom is 0.350 e. The minimum absolute atomic E-state index is 0.0323. The van der Waals surface area contributed by atoms with Gasteiger partial charge in [0.2, 0.25) is 0 Å². The molecule has 150 valence electrons. The molecule has 0 bridgehead atoms. The van der Waals surface area contributed by atoms with Gasteiger partial charge >= 0.3 is 5.69 Å². The van der Waals surface area contributed by atoms with Crippen LogP contribution in [0.25, 0.3) is 10.9 Å². The van der Waals surface area contributed by atoms with Crippen LogP contribution in [-0.2, 0) is 6.54 Å². The van der Waals surface area contributed by atoms with E-state index in [0.29, 0.717) is 24.1 Å². The summed E-state index contributed by atoms with van der Waals surface area (Å²) in [6, 6.07) is 4.46. The molecule has 1 atom stereocenters. The number of nitrogens with two attached hydrogens (primary N) is 2. The first kappa shape index (κ1) is 19.8. The van der Waals surface area contributed by atoms with E-state index in [-0.39, 0.29) is 42.6 Å². The summed E-state index contributed by atoms with van der Waals surface area (Å²) in [6.07, 6.45) is 1.07. The molecule has 28 heavy (non-hydrogen) atoms. The van der Waals surface area contributed by atoms with Crippen LogP contribution in [0.2, 0.25) is 0 Å². The number of nitrogens with zero attached hydrogens (tertiary/aromatic N) is 4. The summed E-state index contributed by atoms with van der Waals surface area (Å²) in [5.74, 6) is 4.90. The average Bonchev–Trinajstić information content (AvgIpc) is 3.14. The number of fused-ring (bicyclic) bond motifs is 1. The molecule has 1 aromatic carbocycles. The van der Waals surface area contributed by atoms with Crippen LogP contribution in [0.1, 0.15) is 19.3 Å². The van der Waals surface area contributed by atoms with E-state index < -0.39 is 29.2 Å². The zero-order valence-electron chi connectivity index (χ0n) is 15.3. The highest BCUT2D eigenvalue weighted by Crippen LogP contribution is 2.35. The summed E-state index contributed by atoms with van der Waals surface area (Å²) in [7, 11) is 0. The second-order valence-electron chi connectivity index (χ2n) is 7.20. The number of anilines is 1. The van der Waals surface area contributed by atoms with Crippen LogP contribution < -0.4 is 27.7 Å². The third-order valence-electron chi connectivity index (χ3n) is 5.41. The van der Waals surface area contributed by atoms with E-state index in [9.17, 15) is 18.4 Å². The standard InChI is InChI=1S/C18H22F2N6O2/c19-9-18(10-22)3-6-24(11-18)15-8-14-12(7-13(15)20)16(27)26(23)17(28)25(14)5-2-1-4-21/h7-8H,1-3,5-6,9-11,22-23H2. The van der Waals surface area contributed by atoms with Crippen LogP contribution in [0, 0.1) is 22.6 Å². The number of nitriles is 1. The van der Waals surface area contributed by atoms with Crippen molar-refractivity contribution in [1.29, 1.82) is 5.26 Å². The van der Waals surface area contributed by atoms with Crippen molar-refractivity contribution < 1.29 is 8.78 Å². The highest BCUT2D eigenvalue weighted by atomic mass is 19.1. The number of nitrogen functional groups attached to an aromatic ring is 1. The number of aryl methyl sites for hydroxylation is 1. The number of unbranched alkanes of at least 4 members (excludes halogenated alkanes) is 1. The van der Waals surface area contributed by atoms with Crippen LogP contribution >= 0.6 is 0 Å². The molecule has 1 fully saturated rings. The van der Waals surface area contributed by atoms with Gasteiger partial charge < -0.3 is 16.5 Å². The van der Waals surface area contributed by atoms with E-state index in [2.05, 4.69) is 0 Å². The van der Waals surface area contributed by atoms with Crippen LogP contribution in [0.15, 0.2) is 21.7 Å². The maximum atomic E-state index is 14.8. The van der Waals surface area contributed by atoms with Crippen LogP contribution in [0.3, 0.4) is 0 Å². The zero-order valence-corrected chi connectivity index (χ0v) is 15.3. The van der Waals surface area contributed by atoms with Crippen molar-refractivity contribution in [2.45, 2.75) is 25.8 Å². The number of benzene rings is 1. The van der Waals surface area contributed by atoms with Gasteiger partial charge in [-0.2, -0.15) is 9.94 Å². The average molecular weight is 392 g/mol. The summed E-state index contributed by atoms with van der Waals surface area (Å²) >= 11 is 0. The Kier molecular flexibility index (Phi) is 5.38. The molecule has 1 aliphatic rings. The van der Waals surface area contributed by atoms with Crippen LogP contribution in [-0.4, -0.2) is 35.6 Å². The van der Waals surface area contributed by atoms with Crippen LogP contribution in [0.5, 0.6) is 0 Å². The molecule has 1 saturated heterocycles. The molecule has 8 nitrogen and oxygen atoms in total. The fourth-order valence-corrected chi connectivity index (χ4v) is 3.64.